The lowest BCUT2D eigenvalue weighted by Gasteiger charge is -2.06. The normalized spacial score (nSPS) is 19.7. The molecule has 128 valence electrons. The molecule has 0 unspecified atom stereocenters. The van der Waals surface area contributed by atoms with Crippen molar-refractivity contribution in [3.05, 3.63) is 10.6 Å². The van der Waals surface area contributed by atoms with E-state index in [4.69, 9.17) is 4.74 Å². The Hall–Kier alpha value is -1.48. The largest absolute Gasteiger partial charge is 0.459 e. The smallest absolute Gasteiger partial charge is 0.350 e. The first kappa shape index (κ1) is 17.9. The van der Waals surface area contributed by atoms with Crippen LogP contribution in [0.1, 0.15) is 42.1 Å². The minimum absolute atomic E-state index is 0.0588. The average Bonchev–Trinajstić information content (AvgIpc) is 2.91. The van der Waals surface area contributed by atoms with E-state index >= 15 is 0 Å². The van der Waals surface area contributed by atoms with Crippen LogP contribution in [-0.2, 0) is 19.4 Å². The zero-order valence-corrected chi connectivity index (χ0v) is 14.9. The fourth-order valence-corrected chi connectivity index (χ4v) is 5.10. The van der Waals surface area contributed by atoms with E-state index in [9.17, 15) is 18.0 Å². The molecular formula is C14H20N2O5S2. The van der Waals surface area contributed by atoms with Crippen LogP contribution in [0.4, 0.5) is 5.13 Å². The molecule has 1 amide bonds. The number of thiazole rings is 1. The summed E-state index contributed by atoms with van der Waals surface area (Å²) in [5.74, 6) is -0.691. The molecule has 1 aliphatic heterocycles. The Balaban J connectivity index is 1.95. The summed E-state index contributed by atoms with van der Waals surface area (Å²) in [5, 5.41) is 2.95. The third-order valence-corrected chi connectivity index (χ3v) is 6.26. The third kappa shape index (κ3) is 5.00. The SMILES string of the molecule is Cc1nc(NC(=O)C[C@H]2CCS(=O)(=O)C2)sc1C(=O)OC(C)C. The molecule has 1 fully saturated rings. The van der Waals surface area contributed by atoms with Crippen LogP contribution in [-0.4, -0.2) is 42.9 Å². The molecular weight excluding hydrogens is 340 g/mol. The number of carbonyl (C=O) groups excluding carboxylic acids is 2. The Morgan fingerprint density at radius 1 is 1.43 bits per heavy atom. The van der Waals surface area contributed by atoms with Gasteiger partial charge in [-0.3, -0.25) is 4.79 Å². The van der Waals surface area contributed by atoms with Crippen LogP contribution in [0.2, 0.25) is 0 Å². The molecule has 1 aliphatic rings. The average molecular weight is 360 g/mol. The maximum atomic E-state index is 12.0. The Morgan fingerprint density at radius 3 is 2.70 bits per heavy atom. The van der Waals surface area contributed by atoms with Crippen LogP contribution >= 0.6 is 11.3 Å². The van der Waals surface area contributed by atoms with Gasteiger partial charge in [-0.25, -0.2) is 18.2 Å². The second-order valence-corrected chi connectivity index (χ2v) is 9.14. The zero-order chi connectivity index (χ0) is 17.2. The number of aromatic nitrogens is 1. The summed E-state index contributed by atoms with van der Waals surface area (Å²) in [6, 6.07) is 0. The fourth-order valence-electron chi connectivity index (χ4n) is 2.37. The summed E-state index contributed by atoms with van der Waals surface area (Å²) >= 11 is 1.06. The minimum atomic E-state index is -2.99. The summed E-state index contributed by atoms with van der Waals surface area (Å²) in [6.45, 7) is 5.19. The van der Waals surface area contributed by atoms with Gasteiger partial charge in [-0.2, -0.15) is 0 Å². The highest BCUT2D eigenvalue weighted by Crippen LogP contribution is 2.26. The Morgan fingerprint density at radius 2 is 2.13 bits per heavy atom. The van der Waals surface area contributed by atoms with Gasteiger partial charge in [0.25, 0.3) is 0 Å². The van der Waals surface area contributed by atoms with E-state index in [2.05, 4.69) is 10.3 Å². The van der Waals surface area contributed by atoms with Crippen LogP contribution < -0.4 is 5.32 Å². The number of ether oxygens (including phenoxy) is 1. The van der Waals surface area contributed by atoms with E-state index in [1.54, 1.807) is 20.8 Å². The van der Waals surface area contributed by atoms with Crippen molar-refractivity contribution in [1.29, 1.82) is 0 Å². The number of rotatable bonds is 5. The predicted molar refractivity (Wildman–Crippen MR) is 87.4 cm³/mol. The molecule has 2 heterocycles. The minimum Gasteiger partial charge on any atom is -0.459 e. The Kier molecular flexibility index (Phi) is 5.41. The molecule has 0 aliphatic carbocycles. The maximum absolute atomic E-state index is 12.0. The highest BCUT2D eigenvalue weighted by Gasteiger charge is 2.29. The van der Waals surface area contributed by atoms with Gasteiger partial charge in [0.05, 0.1) is 23.3 Å². The van der Waals surface area contributed by atoms with Gasteiger partial charge >= 0.3 is 5.97 Å². The molecule has 0 spiro atoms. The number of sulfone groups is 1. The highest BCUT2D eigenvalue weighted by atomic mass is 32.2. The summed E-state index contributed by atoms with van der Waals surface area (Å²) in [4.78, 5) is 28.4. The molecule has 1 atom stereocenters. The second kappa shape index (κ2) is 6.96. The van der Waals surface area contributed by atoms with Gasteiger partial charge in [0.15, 0.2) is 15.0 Å². The molecule has 0 radical (unpaired) electrons. The van der Waals surface area contributed by atoms with Gasteiger partial charge < -0.3 is 10.1 Å². The molecule has 9 heteroatoms. The number of hydrogen-bond donors (Lipinski definition) is 1. The third-order valence-electron chi connectivity index (χ3n) is 3.37. The number of anilines is 1. The topological polar surface area (TPSA) is 102 Å². The summed E-state index contributed by atoms with van der Waals surface area (Å²) in [5.41, 5.74) is 0.499. The van der Waals surface area contributed by atoms with Crippen LogP contribution in [0.15, 0.2) is 0 Å². The maximum Gasteiger partial charge on any atom is 0.350 e. The van der Waals surface area contributed by atoms with Crippen molar-refractivity contribution < 1.29 is 22.7 Å². The summed E-state index contributed by atoms with van der Waals surface area (Å²) in [6.07, 6.45) is 0.425. The van der Waals surface area contributed by atoms with Crippen LogP contribution in [0.25, 0.3) is 0 Å². The number of esters is 1. The van der Waals surface area contributed by atoms with E-state index < -0.39 is 15.8 Å². The van der Waals surface area contributed by atoms with Crippen molar-refractivity contribution in [3.8, 4) is 0 Å². The molecule has 1 aromatic rings. The van der Waals surface area contributed by atoms with Gasteiger partial charge in [-0.1, -0.05) is 11.3 Å². The molecule has 2 rings (SSSR count). The highest BCUT2D eigenvalue weighted by molar-refractivity contribution is 7.91. The Labute approximate surface area is 139 Å². The lowest BCUT2D eigenvalue weighted by Crippen LogP contribution is -2.17. The molecule has 0 saturated carbocycles. The van der Waals surface area contributed by atoms with Crippen LogP contribution in [0.3, 0.4) is 0 Å². The summed E-state index contributed by atoms with van der Waals surface area (Å²) < 4.78 is 27.9. The lowest BCUT2D eigenvalue weighted by atomic mass is 10.1. The number of carbonyl (C=O) groups is 2. The van der Waals surface area contributed by atoms with Crippen molar-refractivity contribution in [2.45, 2.75) is 39.7 Å². The van der Waals surface area contributed by atoms with Crippen molar-refractivity contribution in [2.75, 3.05) is 16.8 Å². The monoisotopic (exact) mass is 360 g/mol. The molecule has 7 nitrogen and oxygen atoms in total. The lowest BCUT2D eigenvalue weighted by molar-refractivity contribution is -0.116. The molecule has 0 bridgehead atoms. The summed E-state index contributed by atoms with van der Waals surface area (Å²) in [7, 11) is -2.99. The van der Waals surface area contributed by atoms with Crippen molar-refractivity contribution in [3.63, 3.8) is 0 Å². The van der Waals surface area contributed by atoms with E-state index in [-0.39, 0.29) is 35.9 Å². The molecule has 1 N–H and O–H groups in total. The van der Waals surface area contributed by atoms with E-state index in [0.29, 0.717) is 22.1 Å². The van der Waals surface area contributed by atoms with Gasteiger partial charge in [0.2, 0.25) is 5.91 Å². The number of nitrogens with zero attached hydrogens (tertiary/aromatic N) is 1. The first-order chi connectivity index (χ1) is 10.7. The first-order valence-corrected chi connectivity index (χ1v) is 9.99. The van der Waals surface area contributed by atoms with Crippen molar-refractivity contribution in [2.24, 2.45) is 5.92 Å². The standard InChI is InChI=1S/C14H20N2O5S2/c1-8(2)21-13(18)12-9(3)15-14(22-12)16-11(17)6-10-4-5-23(19,20)7-10/h8,10H,4-7H2,1-3H3,(H,15,16,17)/t10-/m1/s1. The molecule has 1 aromatic heterocycles. The van der Waals surface area contributed by atoms with Gasteiger partial charge in [-0.05, 0) is 33.1 Å². The quantitative estimate of drug-likeness (QED) is 0.803. The number of amides is 1. The zero-order valence-electron chi connectivity index (χ0n) is 13.3. The number of hydrogen-bond acceptors (Lipinski definition) is 7. The molecule has 0 aromatic carbocycles. The van der Waals surface area contributed by atoms with Crippen molar-refractivity contribution >= 4 is 38.2 Å². The van der Waals surface area contributed by atoms with Crippen LogP contribution in [0, 0.1) is 12.8 Å². The molecule has 23 heavy (non-hydrogen) atoms. The van der Waals surface area contributed by atoms with Gasteiger partial charge in [-0.15, -0.1) is 0 Å². The predicted octanol–water partition coefficient (Wildman–Crippen LogP) is 1.78. The van der Waals surface area contributed by atoms with E-state index in [0.717, 1.165) is 11.3 Å². The van der Waals surface area contributed by atoms with E-state index in [1.165, 1.54) is 0 Å². The Bertz CT molecular complexity index is 709. The first-order valence-electron chi connectivity index (χ1n) is 7.35. The number of nitrogens with one attached hydrogen (secondary N) is 1. The second-order valence-electron chi connectivity index (χ2n) is 5.91. The van der Waals surface area contributed by atoms with Gasteiger partial charge in [0, 0.05) is 6.42 Å². The number of aryl methyl sites for hydroxylation is 1. The fraction of sp³-hybridized carbons (Fsp3) is 0.643. The molecule has 1 saturated heterocycles. The van der Waals surface area contributed by atoms with Gasteiger partial charge in [0.1, 0.15) is 4.88 Å². The van der Waals surface area contributed by atoms with Crippen LogP contribution in [0.5, 0.6) is 0 Å². The van der Waals surface area contributed by atoms with E-state index in [1.807, 2.05) is 0 Å². The van der Waals surface area contributed by atoms with Crippen molar-refractivity contribution in [1.82, 2.24) is 4.98 Å².